The van der Waals surface area contributed by atoms with Gasteiger partial charge in [-0.05, 0) is 49.9 Å². The summed E-state index contributed by atoms with van der Waals surface area (Å²) in [7, 11) is 0. The lowest BCUT2D eigenvalue weighted by molar-refractivity contribution is -0.126. The van der Waals surface area contributed by atoms with Crippen LogP contribution in [0.15, 0.2) is 71.3 Å². The number of nitrogens with zero attached hydrogens (tertiary/aromatic N) is 1. The summed E-state index contributed by atoms with van der Waals surface area (Å²) >= 11 is 0. The van der Waals surface area contributed by atoms with Crippen LogP contribution in [0.2, 0.25) is 0 Å². The first-order valence-electron chi connectivity index (χ1n) is 11.5. The predicted molar refractivity (Wildman–Crippen MR) is 124 cm³/mol. The van der Waals surface area contributed by atoms with E-state index in [4.69, 9.17) is 4.42 Å². The fraction of sp³-hybridized carbons (Fsp3) is 0.333. The van der Waals surface area contributed by atoms with Crippen molar-refractivity contribution >= 4 is 11.8 Å². The third-order valence-corrected chi connectivity index (χ3v) is 6.18. The van der Waals surface area contributed by atoms with Gasteiger partial charge in [-0.1, -0.05) is 60.9 Å². The largest absolute Gasteiger partial charge is 0.459 e. The second-order valence-electron chi connectivity index (χ2n) is 8.63. The van der Waals surface area contributed by atoms with Gasteiger partial charge in [0, 0.05) is 18.2 Å². The first-order valence-corrected chi connectivity index (χ1v) is 11.5. The normalized spacial score (nSPS) is 14.7. The van der Waals surface area contributed by atoms with Crippen LogP contribution in [0.5, 0.6) is 0 Å². The molecule has 5 nitrogen and oxygen atoms in total. The summed E-state index contributed by atoms with van der Waals surface area (Å²) < 4.78 is 20.3. The van der Waals surface area contributed by atoms with Gasteiger partial charge >= 0.3 is 0 Å². The Morgan fingerprint density at radius 2 is 1.88 bits per heavy atom. The molecule has 1 fully saturated rings. The maximum atomic E-state index is 15.0. The minimum atomic E-state index is -1.10. The van der Waals surface area contributed by atoms with Gasteiger partial charge in [0.1, 0.15) is 11.9 Å². The highest BCUT2D eigenvalue weighted by atomic mass is 19.1. The summed E-state index contributed by atoms with van der Waals surface area (Å²) in [6.45, 7) is 2.24. The van der Waals surface area contributed by atoms with Crippen LogP contribution in [0.3, 0.4) is 0 Å². The second kappa shape index (κ2) is 10.5. The van der Waals surface area contributed by atoms with Crippen molar-refractivity contribution in [2.24, 2.45) is 0 Å². The van der Waals surface area contributed by atoms with E-state index in [1.165, 1.54) is 17.2 Å². The molecule has 2 amide bonds. The number of aryl methyl sites for hydroxylation is 1. The monoisotopic (exact) mass is 448 g/mol. The summed E-state index contributed by atoms with van der Waals surface area (Å²) in [6, 6.07) is 16.3. The molecule has 1 atom stereocenters. The molecule has 0 radical (unpaired) electrons. The molecule has 0 bridgehead atoms. The van der Waals surface area contributed by atoms with Crippen molar-refractivity contribution in [2.75, 3.05) is 6.54 Å². The van der Waals surface area contributed by atoms with E-state index in [9.17, 15) is 14.0 Å². The molecule has 6 heteroatoms. The van der Waals surface area contributed by atoms with E-state index >= 15 is 0 Å². The van der Waals surface area contributed by atoms with Crippen LogP contribution in [-0.4, -0.2) is 29.3 Å². The quantitative estimate of drug-likeness (QED) is 0.514. The zero-order chi connectivity index (χ0) is 23.2. The van der Waals surface area contributed by atoms with E-state index in [1.807, 2.05) is 31.2 Å². The molecule has 2 aromatic carbocycles. The Morgan fingerprint density at radius 1 is 1.09 bits per heavy atom. The van der Waals surface area contributed by atoms with Crippen molar-refractivity contribution in [2.45, 2.75) is 51.1 Å². The number of furan rings is 1. The van der Waals surface area contributed by atoms with Crippen molar-refractivity contribution in [3.8, 4) is 0 Å². The van der Waals surface area contributed by atoms with E-state index in [2.05, 4.69) is 5.32 Å². The van der Waals surface area contributed by atoms with E-state index < -0.39 is 17.8 Å². The Morgan fingerprint density at radius 3 is 2.58 bits per heavy atom. The van der Waals surface area contributed by atoms with Crippen LogP contribution >= 0.6 is 0 Å². The molecule has 1 saturated carbocycles. The second-order valence-corrected chi connectivity index (χ2v) is 8.63. The smallest absolute Gasteiger partial charge is 0.290 e. The van der Waals surface area contributed by atoms with Gasteiger partial charge in [0.25, 0.3) is 5.91 Å². The number of halogens is 1. The van der Waals surface area contributed by atoms with E-state index in [1.54, 1.807) is 30.3 Å². The summed E-state index contributed by atoms with van der Waals surface area (Å²) in [6.07, 6.45) is 5.84. The van der Waals surface area contributed by atoms with Gasteiger partial charge in [-0.2, -0.15) is 0 Å². The molecular formula is C27H29FN2O3. The maximum Gasteiger partial charge on any atom is 0.290 e. The number of hydrogen-bond donors (Lipinski definition) is 1. The molecule has 1 aliphatic rings. The van der Waals surface area contributed by atoms with Crippen LogP contribution in [0.1, 0.15) is 59.0 Å². The van der Waals surface area contributed by atoms with Crippen molar-refractivity contribution in [3.05, 3.63) is 95.2 Å². The van der Waals surface area contributed by atoms with Crippen LogP contribution in [-0.2, 0) is 11.2 Å². The van der Waals surface area contributed by atoms with Gasteiger partial charge in [-0.25, -0.2) is 4.39 Å². The minimum Gasteiger partial charge on any atom is -0.459 e. The first kappa shape index (κ1) is 22.8. The van der Waals surface area contributed by atoms with Crippen LogP contribution in [0.4, 0.5) is 4.39 Å². The van der Waals surface area contributed by atoms with Gasteiger partial charge in [0.2, 0.25) is 5.91 Å². The lowest BCUT2D eigenvalue weighted by Crippen LogP contribution is -2.47. The summed E-state index contributed by atoms with van der Waals surface area (Å²) in [5, 5.41) is 3.06. The lowest BCUT2D eigenvalue weighted by Gasteiger charge is -2.32. The highest BCUT2D eigenvalue weighted by molar-refractivity contribution is 5.96. The van der Waals surface area contributed by atoms with Gasteiger partial charge in [0.15, 0.2) is 5.76 Å². The Hall–Kier alpha value is -3.41. The number of rotatable bonds is 8. The van der Waals surface area contributed by atoms with Gasteiger partial charge in [-0.15, -0.1) is 0 Å². The molecule has 1 aliphatic carbocycles. The molecule has 1 heterocycles. The molecule has 33 heavy (non-hydrogen) atoms. The SMILES string of the molecule is Cc1cccc(CCN(C(=O)c2ccco2)C(C(=O)NC2CCCC2)c2ccccc2F)c1. The van der Waals surface area contributed by atoms with Gasteiger partial charge in [-0.3, -0.25) is 9.59 Å². The minimum absolute atomic E-state index is 0.0455. The van der Waals surface area contributed by atoms with Crippen molar-refractivity contribution in [1.82, 2.24) is 10.2 Å². The zero-order valence-electron chi connectivity index (χ0n) is 18.8. The summed E-state index contributed by atoms with van der Waals surface area (Å²) in [5.74, 6) is -1.20. The third kappa shape index (κ3) is 5.51. The standard InChI is InChI=1S/C27H29FN2O3/c1-19-8-6-9-20(18-19)15-16-30(27(32)24-14-7-17-33-24)25(22-12-4-5-13-23(22)28)26(31)29-21-10-2-3-11-21/h4-9,12-14,17-18,21,25H,2-3,10-11,15-16H2,1H3,(H,29,31). The zero-order valence-corrected chi connectivity index (χ0v) is 18.8. The fourth-order valence-electron chi connectivity index (χ4n) is 4.50. The molecule has 1 unspecified atom stereocenters. The van der Waals surface area contributed by atoms with E-state index in [0.29, 0.717) is 6.42 Å². The maximum absolute atomic E-state index is 15.0. The Bertz CT molecular complexity index is 1090. The van der Waals surface area contributed by atoms with Gasteiger partial charge in [0.05, 0.1) is 6.26 Å². The Balaban J connectivity index is 1.69. The number of hydrogen-bond acceptors (Lipinski definition) is 3. The molecule has 3 aromatic rings. The number of amides is 2. The highest BCUT2D eigenvalue weighted by Gasteiger charge is 2.35. The van der Waals surface area contributed by atoms with E-state index in [0.717, 1.165) is 36.8 Å². The van der Waals surface area contributed by atoms with Crippen LogP contribution in [0, 0.1) is 12.7 Å². The highest BCUT2D eigenvalue weighted by Crippen LogP contribution is 2.28. The number of carbonyl (C=O) groups excluding carboxylic acids is 2. The fourth-order valence-corrected chi connectivity index (χ4v) is 4.50. The van der Waals surface area contributed by atoms with Crippen molar-refractivity contribution in [3.63, 3.8) is 0 Å². The number of carbonyl (C=O) groups is 2. The molecular weight excluding hydrogens is 419 g/mol. The molecule has 0 saturated heterocycles. The van der Waals surface area contributed by atoms with Crippen molar-refractivity contribution < 1.29 is 18.4 Å². The molecule has 1 aromatic heterocycles. The van der Waals surface area contributed by atoms with Crippen molar-refractivity contribution in [1.29, 1.82) is 0 Å². The number of benzene rings is 2. The average molecular weight is 449 g/mol. The Kier molecular flexibility index (Phi) is 7.23. The average Bonchev–Trinajstić information content (AvgIpc) is 3.51. The van der Waals surface area contributed by atoms with Crippen LogP contribution < -0.4 is 5.32 Å². The number of nitrogens with one attached hydrogen (secondary N) is 1. The van der Waals surface area contributed by atoms with E-state index in [-0.39, 0.29) is 29.8 Å². The third-order valence-electron chi connectivity index (χ3n) is 6.18. The van der Waals surface area contributed by atoms with Crippen LogP contribution in [0.25, 0.3) is 0 Å². The predicted octanol–water partition coefficient (Wildman–Crippen LogP) is 5.21. The molecule has 172 valence electrons. The lowest BCUT2D eigenvalue weighted by atomic mass is 10.0. The van der Waals surface area contributed by atoms with Gasteiger partial charge < -0.3 is 14.6 Å². The topological polar surface area (TPSA) is 62.6 Å². The Labute approximate surface area is 193 Å². The summed E-state index contributed by atoms with van der Waals surface area (Å²) in [4.78, 5) is 28.5. The molecule has 1 N–H and O–H groups in total. The molecule has 0 aliphatic heterocycles. The summed E-state index contributed by atoms with van der Waals surface area (Å²) in [5.41, 5.74) is 2.33. The first-order chi connectivity index (χ1) is 16.0. The molecule has 0 spiro atoms. The molecule has 4 rings (SSSR count).